The lowest BCUT2D eigenvalue weighted by molar-refractivity contribution is 0.349. The summed E-state index contributed by atoms with van der Waals surface area (Å²) in [6.07, 6.45) is 4.71. The van der Waals surface area contributed by atoms with E-state index in [1.54, 1.807) is 0 Å². The fourth-order valence-electron chi connectivity index (χ4n) is 3.73. The minimum atomic E-state index is -0.351. The van der Waals surface area contributed by atoms with Crippen molar-refractivity contribution < 1.29 is 0 Å². The number of hydrogen-bond acceptors (Lipinski definition) is 3. The van der Waals surface area contributed by atoms with E-state index in [1.807, 2.05) is 19.9 Å². The van der Waals surface area contributed by atoms with Crippen LogP contribution in [-0.4, -0.2) is 6.04 Å². The lowest BCUT2D eigenvalue weighted by atomic mass is 9.84. The molecule has 2 aromatic rings. The number of anilines is 1. The standard InChI is InChI=1S/C20H25NO2/c1-11-7-5-6-8-16(11)21-18-17(19(22)20(18)23)15-10-13(3)12(2)9-14(15)4/h9-11,16,21H,5-8H2,1-4H3. The van der Waals surface area contributed by atoms with Crippen LogP contribution in [0.25, 0.3) is 11.1 Å². The third kappa shape index (κ3) is 2.73. The highest BCUT2D eigenvalue weighted by Crippen LogP contribution is 2.32. The van der Waals surface area contributed by atoms with Crippen molar-refractivity contribution in [3.8, 4) is 11.1 Å². The van der Waals surface area contributed by atoms with Gasteiger partial charge >= 0.3 is 0 Å². The molecule has 2 unspecified atom stereocenters. The molecule has 0 saturated heterocycles. The molecule has 2 aromatic carbocycles. The summed E-state index contributed by atoms with van der Waals surface area (Å²) in [5.41, 5.74) is 4.76. The third-order valence-electron chi connectivity index (χ3n) is 5.46. The third-order valence-corrected chi connectivity index (χ3v) is 5.46. The Kier molecular flexibility index (Phi) is 4.13. The molecule has 23 heavy (non-hydrogen) atoms. The normalized spacial score (nSPS) is 21.6. The number of aryl methyl sites for hydroxylation is 3. The molecule has 0 bridgehead atoms. The molecule has 1 aliphatic rings. The van der Waals surface area contributed by atoms with Crippen LogP contribution in [0.2, 0.25) is 0 Å². The highest BCUT2D eigenvalue weighted by atomic mass is 16.2. The topological polar surface area (TPSA) is 46.2 Å². The average molecular weight is 311 g/mol. The van der Waals surface area contributed by atoms with E-state index in [4.69, 9.17) is 0 Å². The molecule has 0 aliphatic heterocycles. The minimum absolute atomic E-state index is 0.303. The first-order chi connectivity index (χ1) is 10.9. The lowest BCUT2D eigenvalue weighted by Gasteiger charge is -2.31. The second-order valence-electron chi connectivity index (χ2n) is 7.17. The summed E-state index contributed by atoms with van der Waals surface area (Å²) >= 11 is 0. The molecule has 2 atom stereocenters. The first kappa shape index (κ1) is 16.0. The zero-order valence-electron chi connectivity index (χ0n) is 14.5. The summed E-state index contributed by atoms with van der Waals surface area (Å²) in [4.78, 5) is 24.3. The second kappa shape index (κ2) is 5.95. The monoisotopic (exact) mass is 311 g/mol. The van der Waals surface area contributed by atoms with E-state index >= 15 is 0 Å². The van der Waals surface area contributed by atoms with Crippen molar-refractivity contribution in [3.05, 3.63) is 49.3 Å². The molecule has 0 heterocycles. The summed E-state index contributed by atoms with van der Waals surface area (Å²) < 4.78 is 0. The summed E-state index contributed by atoms with van der Waals surface area (Å²) in [5.74, 6) is 0.543. The second-order valence-corrected chi connectivity index (χ2v) is 7.17. The Hall–Kier alpha value is -1.90. The fourth-order valence-corrected chi connectivity index (χ4v) is 3.73. The highest BCUT2D eigenvalue weighted by molar-refractivity contribution is 5.84. The van der Waals surface area contributed by atoms with E-state index in [0.29, 0.717) is 23.2 Å². The van der Waals surface area contributed by atoms with Gasteiger partial charge in [-0.2, -0.15) is 0 Å². The molecule has 0 amide bonds. The largest absolute Gasteiger partial charge is 0.378 e. The molecule has 0 spiro atoms. The lowest BCUT2D eigenvalue weighted by Crippen LogP contribution is -2.41. The van der Waals surface area contributed by atoms with Gasteiger partial charge in [-0.15, -0.1) is 0 Å². The first-order valence-corrected chi connectivity index (χ1v) is 8.58. The Morgan fingerprint density at radius 2 is 1.57 bits per heavy atom. The fraction of sp³-hybridized carbons (Fsp3) is 0.500. The molecule has 0 radical (unpaired) electrons. The number of rotatable bonds is 3. The van der Waals surface area contributed by atoms with Gasteiger partial charge in [0.25, 0.3) is 0 Å². The maximum absolute atomic E-state index is 12.2. The van der Waals surface area contributed by atoms with Gasteiger partial charge in [0.1, 0.15) is 0 Å². The van der Waals surface area contributed by atoms with E-state index < -0.39 is 0 Å². The highest BCUT2D eigenvalue weighted by Gasteiger charge is 2.28. The van der Waals surface area contributed by atoms with Gasteiger partial charge in [0, 0.05) is 6.04 Å². The molecule has 3 heteroatoms. The van der Waals surface area contributed by atoms with Crippen LogP contribution in [0.5, 0.6) is 0 Å². The first-order valence-electron chi connectivity index (χ1n) is 8.58. The van der Waals surface area contributed by atoms with Gasteiger partial charge in [-0.05, 0) is 61.8 Å². The van der Waals surface area contributed by atoms with Crippen molar-refractivity contribution in [3.63, 3.8) is 0 Å². The SMILES string of the molecule is Cc1cc(C)c(-c2c(NC3CCCCC3C)c(=O)c2=O)cc1C. The Bertz CT molecular complexity index is 812. The van der Waals surface area contributed by atoms with Crippen LogP contribution < -0.4 is 16.2 Å². The molecule has 1 fully saturated rings. The Balaban J connectivity index is 1.99. The summed E-state index contributed by atoms with van der Waals surface area (Å²) in [6.45, 7) is 8.34. The summed E-state index contributed by atoms with van der Waals surface area (Å²) in [6, 6.07) is 4.43. The molecule has 3 rings (SSSR count). The summed E-state index contributed by atoms with van der Waals surface area (Å²) in [7, 11) is 0. The van der Waals surface area contributed by atoms with E-state index in [-0.39, 0.29) is 10.9 Å². The van der Waals surface area contributed by atoms with Crippen molar-refractivity contribution in [1.82, 2.24) is 0 Å². The molecule has 1 saturated carbocycles. The van der Waals surface area contributed by atoms with Gasteiger partial charge in [-0.25, -0.2) is 0 Å². The van der Waals surface area contributed by atoms with Crippen molar-refractivity contribution >= 4 is 5.69 Å². The van der Waals surface area contributed by atoms with Gasteiger partial charge in [0.05, 0.1) is 11.3 Å². The Morgan fingerprint density at radius 1 is 0.913 bits per heavy atom. The van der Waals surface area contributed by atoms with Crippen molar-refractivity contribution in [1.29, 1.82) is 0 Å². The molecule has 122 valence electrons. The predicted molar refractivity (Wildman–Crippen MR) is 96.0 cm³/mol. The van der Waals surface area contributed by atoms with Gasteiger partial charge in [-0.3, -0.25) is 9.59 Å². The van der Waals surface area contributed by atoms with Crippen molar-refractivity contribution in [2.24, 2.45) is 5.92 Å². The average Bonchev–Trinajstić information content (AvgIpc) is 2.53. The zero-order chi connectivity index (χ0) is 16.7. The van der Waals surface area contributed by atoms with E-state index in [1.165, 1.54) is 24.8 Å². The van der Waals surface area contributed by atoms with Crippen LogP contribution in [0.4, 0.5) is 5.69 Å². The predicted octanol–water partition coefficient (Wildman–Crippen LogP) is 3.87. The molecular formula is C20H25NO2. The maximum Gasteiger partial charge on any atom is 0.250 e. The van der Waals surface area contributed by atoms with Gasteiger partial charge < -0.3 is 5.32 Å². The number of benzene rings is 1. The van der Waals surface area contributed by atoms with Crippen LogP contribution in [0, 0.1) is 26.7 Å². The van der Waals surface area contributed by atoms with E-state index in [2.05, 4.69) is 25.2 Å². The number of hydrogen-bond donors (Lipinski definition) is 1. The van der Waals surface area contributed by atoms with Gasteiger partial charge in [-0.1, -0.05) is 31.9 Å². The van der Waals surface area contributed by atoms with Crippen LogP contribution in [0.3, 0.4) is 0 Å². The van der Waals surface area contributed by atoms with Crippen LogP contribution in [0.15, 0.2) is 21.7 Å². The van der Waals surface area contributed by atoms with Gasteiger partial charge in [0.2, 0.25) is 10.9 Å². The minimum Gasteiger partial charge on any atom is -0.378 e. The van der Waals surface area contributed by atoms with Crippen molar-refractivity contribution in [2.75, 3.05) is 5.32 Å². The molecular weight excluding hydrogens is 286 g/mol. The summed E-state index contributed by atoms with van der Waals surface area (Å²) in [5, 5.41) is 3.40. The number of nitrogens with one attached hydrogen (secondary N) is 1. The molecule has 1 N–H and O–H groups in total. The van der Waals surface area contributed by atoms with E-state index in [9.17, 15) is 9.59 Å². The Morgan fingerprint density at radius 3 is 2.26 bits per heavy atom. The Labute approximate surface area is 137 Å². The maximum atomic E-state index is 12.2. The molecule has 1 aliphatic carbocycles. The smallest absolute Gasteiger partial charge is 0.250 e. The quantitative estimate of drug-likeness (QED) is 0.875. The van der Waals surface area contributed by atoms with Crippen molar-refractivity contribution in [2.45, 2.75) is 59.4 Å². The van der Waals surface area contributed by atoms with Crippen LogP contribution >= 0.6 is 0 Å². The van der Waals surface area contributed by atoms with Crippen LogP contribution in [-0.2, 0) is 0 Å². The van der Waals surface area contributed by atoms with E-state index in [0.717, 1.165) is 23.1 Å². The zero-order valence-corrected chi connectivity index (χ0v) is 14.5. The molecule has 0 aromatic heterocycles. The molecule has 3 nitrogen and oxygen atoms in total. The van der Waals surface area contributed by atoms with Crippen LogP contribution in [0.1, 0.15) is 49.3 Å². The van der Waals surface area contributed by atoms with Gasteiger partial charge in [0.15, 0.2) is 0 Å².